The number of ether oxygens (including phenoxy) is 1. The van der Waals surface area contributed by atoms with Gasteiger partial charge >= 0.3 is 0 Å². The molecule has 1 N–H and O–H groups in total. The van der Waals surface area contributed by atoms with Crippen molar-refractivity contribution in [1.29, 1.82) is 0 Å². The summed E-state index contributed by atoms with van der Waals surface area (Å²) >= 11 is 0. The molecule has 2 heterocycles. The second kappa shape index (κ2) is 6.37. The first kappa shape index (κ1) is 15.7. The van der Waals surface area contributed by atoms with Gasteiger partial charge in [-0.3, -0.25) is 0 Å². The van der Waals surface area contributed by atoms with Crippen LogP contribution < -0.4 is 4.90 Å². The third-order valence-electron chi connectivity index (χ3n) is 3.64. The van der Waals surface area contributed by atoms with Gasteiger partial charge in [0.1, 0.15) is 24.9 Å². The van der Waals surface area contributed by atoms with Gasteiger partial charge in [-0.25, -0.2) is 8.42 Å². The maximum atomic E-state index is 12.1. The van der Waals surface area contributed by atoms with E-state index in [2.05, 4.69) is 0 Å². The molecule has 1 unspecified atom stereocenters. The summed E-state index contributed by atoms with van der Waals surface area (Å²) in [5.74, 6) is 0.252. The summed E-state index contributed by atoms with van der Waals surface area (Å²) in [4.78, 5) is 10.1. The highest BCUT2D eigenvalue weighted by Gasteiger charge is 2.40. The van der Waals surface area contributed by atoms with Crippen molar-refractivity contribution in [3.05, 3.63) is 45.2 Å². The van der Waals surface area contributed by atoms with Gasteiger partial charge in [-0.05, 0) is 6.07 Å². The molecular formula is C12H16N2O6S. The fraction of sp³-hybridized carbons (Fsp3) is 0.500. The number of rotatable bonds is 1. The van der Waals surface area contributed by atoms with Crippen molar-refractivity contribution < 1.29 is 23.1 Å². The number of hydrogen-bond donors (Lipinski definition) is 1. The topological polar surface area (TPSA) is 114 Å². The van der Waals surface area contributed by atoms with Gasteiger partial charge in [0.15, 0.2) is 9.84 Å². The maximum Gasteiger partial charge on any atom is 0.185 e. The Balaban J connectivity index is 0.000000361. The lowest BCUT2D eigenvalue weighted by molar-refractivity contribution is -0.936. The molecule has 1 fully saturated rings. The fourth-order valence-corrected chi connectivity index (χ4v) is 4.66. The van der Waals surface area contributed by atoms with Crippen molar-refractivity contribution >= 4 is 9.84 Å². The molecule has 3 rings (SSSR count). The monoisotopic (exact) mass is 316 g/mol. The zero-order valence-electron chi connectivity index (χ0n) is 11.2. The lowest BCUT2D eigenvalue weighted by atomic mass is 10.1. The summed E-state index contributed by atoms with van der Waals surface area (Å²) in [6.07, 6.45) is 0. The van der Waals surface area contributed by atoms with E-state index >= 15 is 0 Å². The molecule has 0 bridgehead atoms. The average Bonchev–Trinajstić information content (AvgIpc) is 2.72. The molecule has 0 saturated carbocycles. The molecule has 1 atom stereocenters. The van der Waals surface area contributed by atoms with E-state index < -0.39 is 14.9 Å². The van der Waals surface area contributed by atoms with E-state index in [1.165, 1.54) is 4.90 Å². The minimum absolute atomic E-state index is 0.0973. The van der Waals surface area contributed by atoms with Gasteiger partial charge in [-0.1, -0.05) is 18.2 Å². The Hall–Kier alpha value is -1.71. The van der Waals surface area contributed by atoms with Crippen LogP contribution in [0, 0.1) is 15.3 Å². The Morgan fingerprint density at radius 2 is 1.76 bits per heavy atom. The van der Waals surface area contributed by atoms with Crippen molar-refractivity contribution in [3.8, 4) is 0 Å². The first-order valence-electron chi connectivity index (χ1n) is 6.47. The molecule has 0 aromatic heterocycles. The van der Waals surface area contributed by atoms with Crippen LogP contribution in [0.15, 0.2) is 29.2 Å². The van der Waals surface area contributed by atoms with E-state index in [0.717, 1.165) is 31.9 Å². The van der Waals surface area contributed by atoms with Crippen LogP contribution in [-0.2, 0) is 14.6 Å². The highest BCUT2D eigenvalue weighted by molar-refractivity contribution is 7.91. The zero-order valence-corrected chi connectivity index (χ0v) is 12.0. The Labute approximate surface area is 122 Å². The Morgan fingerprint density at radius 3 is 2.38 bits per heavy atom. The summed E-state index contributed by atoms with van der Waals surface area (Å²) in [6.45, 7) is 3.26. The van der Waals surface area contributed by atoms with E-state index in [0.29, 0.717) is 4.90 Å². The lowest BCUT2D eigenvalue weighted by Gasteiger charge is -2.28. The number of fused-ring (bicyclic) bond motifs is 1. The van der Waals surface area contributed by atoms with Gasteiger partial charge < -0.3 is 25.0 Å². The number of benzene rings is 1. The molecule has 0 radical (unpaired) electrons. The summed E-state index contributed by atoms with van der Waals surface area (Å²) < 4.78 is 29.5. The number of morpholine rings is 1. The molecule has 9 heteroatoms. The van der Waals surface area contributed by atoms with Gasteiger partial charge in [-0.2, -0.15) is 0 Å². The van der Waals surface area contributed by atoms with Crippen LogP contribution in [0.4, 0.5) is 0 Å². The molecule has 1 aromatic rings. The number of hydrogen-bond acceptors (Lipinski definition) is 6. The molecule has 2 aliphatic rings. The first-order valence-corrected chi connectivity index (χ1v) is 8.12. The van der Waals surface area contributed by atoms with Gasteiger partial charge in [0.05, 0.1) is 23.2 Å². The molecule has 1 saturated heterocycles. The zero-order chi connectivity index (χ0) is 15.5. The largest absolute Gasteiger partial charge is 0.370 e. The standard InChI is InChI=1S/C12H15NO3S.NO3/c14-17(15)9-11(13-5-7-16-8-6-13)10-3-1-2-4-12(10)17;2-1(3)4/h1-4,11H,5-9H2;/q;-1/p+1. The van der Waals surface area contributed by atoms with Crippen molar-refractivity contribution in [1.82, 2.24) is 0 Å². The van der Waals surface area contributed by atoms with Crippen LogP contribution in [0.3, 0.4) is 0 Å². The Kier molecular flexibility index (Phi) is 4.76. The molecule has 2 aliphatic heterocycles. The molecule has 0 spiro atoms. The third kappa shape index (κ3) is 3.69. The lowest BCUT2D eigenvalue weighted by Crippen LogP contribution is -3.14. The van der Waals surface area contributed by atoms with Gasteiger partial charge in [0, 0.05) is 5.56 Å². The maximum absolute atomic E-state index is 12.1. The molecule has 0 amide bonds. The molecule has 116 valence electrons. The van der Waals surface area contributed by atoms with Crippen LogP contribution in [0.1, 0.15) is 11.6 Å². The van der Waals surface area contributed by atoms with E-state index in [1.54, 1.807) is 12.1 Å². The predicted molar refractivity (Wildman–Crippen MR) is 73.1 cm³/mol. The van der Waals surface area contributed by atoms with E-state index in [9.17, 15) is 8.42 Å². The van der Waals surface area contributed by atoms with Gasteiger partial charge in [0.25, 0.3) is 0 Å². The molecule has 0 aliphatic carbocycles. The minimum Gasteiger partial charge on any atom is -0.370 e. The Bertz CT molecular complexity index is 608. The van der Waals surface area contributed by atoms with Crippen LogP contribution >= 0.6 is 0 Å². The summed E-state index contributed by atoms with van der Waals surface area (Å²) in [7, 11) is -3.07. The van der Waals surface area contributed by atoms with E-state index in [-0.39, 0.29) is 11.8 Å². The number of quaternary nitrogens is 1. The summed E-state index contributed by atoms with van der Waals surface area (Å²) in [5.41, 5.74) is 0.990. The SMILES string of the molecule is O=S1(=O)CC([NH+]2CCOCC2)c2ccccc21.O=[N+]([O-])[O-]. The number of nitrogens with one attached hydrogen (secondary N) is 1. The quantitative estimate of drug-likeness (QED) is 0.535. The highest BCUT2D eigenvalue weighted by Crippen LogP contribution is 2.31. The predicted octanol–water partition coefficient (Wildman–Crippen LogP) is -0.809. The molecule has 8 nitrogen and oxygen atoms in total. The van der Waals surface area contributed by atoms with Crippen molar-refractivity contribution in [2.24, 2.45) is 0 Å². The number of nitrogens with zero attached hydrogens (tertiary/aromatic N) is 1. The third-order valence-corrected chi connectivity index (χ3v) is 5.46. The second-order valence-electron chi connectivity index (χ2n) is 4.87. The highest BCUT2D eigenvalue weighted by atomic mass is 32.2. The molecular weight excluding hydrogens is 300 g/mol. The first-order chi connectivity index (χ1) is 9.92. The minimum atomic E-state index is -3.07. The van der Waals surface area contributed by atoms with E-state index in [4.69, 9.17) is 20.1 Å². The average molecular weight is 316 g/mol. The molecule has 1 aromatic carbocycles. The van der Waals surface area contributed by atoms with Crippen molar-refractivity contribution in [2.45, 2.75) is 10.9 Å². The van der Waals surface area contributed by atoms with Crippen molar-refractivity contribution in [2.75, 3.05) is 32.1 Å². The fourth-order valence-electron chi connectivity index (χ4n) is 2.77. The van der Waals surface area contributed by atoms with Crippen LogP contribution in [0.25, 0.3) is 0 Å². The van der Waals surface area contributed by atoms with Crippen molar-refractivity contribution in [3.63, 3.8) is 0 Å². The van der Waals surface area contributed by atoms with Gasteiger partial charge in [0.2, 0.25) is 0 Å². The van der Waals surface area contributed by atoms with Gasteiger partial charge in [-0.15, -0.1) is 0 Å². The van der Waals surface area contributed by atoms with Crippen LogP contribution in [-0.4, -0.2) is 45.6 Å². The normalized spacial score (nSPS) is 23.7. The summed E-state index contributed by atoms with van der Waals surface area (Å²) in [6, 6.07) is 7.50. The smallest absolute Gasteiger partial charge is 0.185 e. The Morgan fingerprint density at radius 1 is 1.19 bits per heavy atom. The molecule has 21 heavy (non-hydrogen) atoms. The second-order valence-corrected chi connectivity index (χ2v) is 6.87. The summed E-state index contributed by atoms with van der Waals surface area (Å²) in [5, 5.41) is 14.8. The van der Waals surface area contributed by atoms with Crippen LogP contribution in [0.5, 0.6) is 0 Å². The van der Waals surface area contributed by atoms with E-state index in [1.807, 2.05) is 12.1 Å². The van der Waals surface area contributed by atoms with Crippen LogP contribution in [0.2, 0.25) is 0 Å². The number of sulfone groups is 1.